The first kappa shape index (κ1) is 19.2. The van der Waals surface area contributed by atoms with Crippen molar-refractivity contribution in [2.45, 2.75) is 6.54 Å². The third kappa shape index (κ3) is 3.59. The monoisotopic (exact) mass is 383 g/mol. The quantitative estimate of drug-likeness (QED) is 0.688. The number of rotatable bonds is 6. The van der Waals surface area contributed by atoms with Crippen molar-refractivity contribution in [3.63, 3.8) is 0 Å². The molecule has 0 radical (unpaired) electrons. The van der Waals surface area contributed by atoms with Gasteiger partial charge in [-0.25, -0.2) is 9.78 Å². The van der Waals surface area contributed by atoms with E-state index in [0.717, 1.165) is 16.7 Å². The van der Waals surface area contributed by atoms with Crippen LogP contribution in [0.25, 0.3) is 11.1 Å². The molecule has 0 unspecified atom stereocenters. The molecule has 0 bridgehead atoms. The number of aryl methyl sites for hydroxylation is 1. The summed E-state index contributed by atoms with van der Waals surface area (Å²) in [5.41, 5.74) is 2.09. The summed E-state index contributed by atoms with van der Waals surface area (Å²) in [4.78, 5) is 29.7. The maximum absolute atomic E-state index is 12.4. The Morgan fingerprint density at radius 2 is 1.89 bits per heavy atom. The minimum atomic E-state index is -1.31. The van der Waals surface area contributed by atoms with Crippen molar-refractivity contribution in [1.29, 1.82) is 0 Å². The van der Waals surface area contributed by atoms with E-state index in [-0.39, 0.29) is 11.7 Å². The molecule has 1 N–H and O–H groups in total. The summed E-state index contributed by atoms with van der Waals surface area (Å²) in [6.07, 6.45) is 3.73. The molecular weight excluding hydrogens is 362 g/mol. The first-order chi connectivity index (χ1) is 13.3. The predicted octanol–water partition coefficient (Wildman–Crippen LogP) is 1.52. The maximum atomic E-state index is 12.4. The maximum Gasteiger partial charge on any atom is 0.358 e. The van der Waals surface area contributed by atoms with Gasteiger partial charge in [-0.05, 0) is 11.1 Å². The van der Waals surface area contributed by atoms with E-state index < -0.39 is 17.2 Å². The van der Waals surface area contributed by atoms with Crippen LogP contribution in [0.4, 0.5) is 5.95 Å². The SMILES string of the molecule is COc1c(C(=O)O)nc(N(C)Cc2ccc(-c3cnn(C)c3)cc2)n(C)c1=O. The molecule has 0 aliphatic carbocycles. The number of hydrogen-bond donors (Lipinski definition) is 1. The molecule has 9 heteroatoms. The summed E-state index contributed by atoms with van der Waals surface area (Å²) >= 11 is 0. The van der Waals surface area contributed by atoms with Crippen molar-refractivity contribution >= 4 is 11.9 Å². The fourth-order valence-electron chi connectivity index (χ4n) is 2.96. The van der Waals surface area contributed by atoms with E-state index in [1.165, 1.54) is 18.7 Å². The van der Waals surface area contributed by atoms with Crippen molar-refractivity contribution in [3.8, 4) is 16.9 Å². The zero-order valence-electron chi connectivity index (χ0n) is 16.1. The van der Waals surface area contributed by atoms with Gasteiger partial charge in [-0.3, -0.25) is 14.0 Å². The molecule has 0 aliphatic heterocycles. The van der Waals surface area contributed by atoms with Crippen LogP contribution >= 0.6 is 0 Å². The van der Waals surface area contributed by atoms with Crippen molar-refractivity contribution in [3.05, 3.63) is 58.3 Å². The van der Waals surface area contributed by atoms with Crippen LogP contribution in [0.3, 0.4) is 0 Å². The van der Waals surface area contributed by atoms with E-state index in [4.69, 9.17) is 4.74 Å². The zero-order valence-corrected chi connectivity index (χ0v) is 16.1. The summed E-state index contributed by atoms with van der Waals surface area (Å²) in [6, 6.07) is 7.92. The number of anilines is 1. The lowest BCUT2D eigenvalue weighted by Gasteiger charge is -2.21. The first-order valence-electron chi connectivity index (χ1n) is 8.49. The lowest BCUT2D eigenvalue weighted by molar-refractivity contribution is 0.0685. The largest absolute Gasteiger partial charge is 0.489 e. The third-order valence-electron chi connectivity index (χ3n) is 4.39. The number of methoxy groups -OCH3 is 1. The highest BCUT2D eigenvalue weighted by Crippen LogP contribution is 2.21. The molecule has 3 rings (SSSR count). The molecule has 0 saturated heterocycles. The van der Waals surface area contributed by atoms with E-state index in [1.54, 1.807) is 22.8 Å². The van der Waals surface area contributed by atoms with Gasteiger partial charge in [-0.1, -0.05) is 24.3 Å². The predicted molar refractivity (Wildman–Crippen MR) is 104 cm³/mol. The van der Waals surface area contributed by atoms with Gasteiger partial charge in [0.2, 0.25) is 11.7 Å². The van der Waals surface area contributed by atoms with Gasteiger partial charge in [0.1, 0.15) is 0 Å². The molecule has 9 nitrogen and oxygen atoms in total. The van der Waals surface area contributed by atoms with Gasteiger partial charge in [-0.15, -0.1) is 0 Å². The van der Waals surface area contributed by atoms with Gasteiger partial charge in [0.25, 0.3) is 5.56 Å². The van der Waals surface area contributed by atoms with E-state index in [2.05, 4.69) is 10.1 Å². The highest BCUT2D eigenvalue weighted by molar-refractivity contribution is 5.88. The normalized spacial score (nSPS) is 10.7. The molecular formula is C19H21N5O4. The van der Waals surface area contributed by atoms with Crippen LogP contribution in [-0.4, -0.2) is 44.6 Å². The molecule has 0 saturated carbocycles. The van der Waals surface area contributed by atoms with E-state index in [1.807, 2.05) is 37.5 Å². The highest BCUT2D eigenvalue weighted by Gasteiger charge is 2.22. The number of benzene rings is 1. The van der Waals surface area contributed by atoms with Crippen molar-refractivity contribution in [2.75, 3.05) is 19.1 Å². The second kappa shape index (κ2) is 7.55. The molecule has 0 amide bonds. The van der Waals surface area contributed by atoms with Gasteiger partial charge >= 0.3 is 5.97 Å². The molecule has 0 fully saturated rings. The molecule has 28 heavy (non-hydrogen) atoms. The second-order valence-electron chi connectivity index (χ2n) is 6.42. The Morgan fingerprint density at radius 1 is 1.21 bits per heavy atom. The minimum absolute atomic E-state index is 0.236. The Bertz CT molecular complexity index is 1070. The summed E-state index contributed by atoms with van der Waals surface area (Å²) in [7, 11) is 6.39. The van der Waals surface area contributed by atoms with Gasteiger partial charge in [0.05, 0.1) is 13.3 Å². The summed E-state index contributed by atoms with van der Waals surface area (Å²) < 4.78 is 7.94. The molecule has 0 atom stereocenters. The van der Waals surface area contributed by atoms with Gasteiger partial charge in [0, 0.05) is 39.4 Å². The molecule has 1 aromatic carbocycles. The van der Waals surface area contributed by atoms with E-state index in [9.17, 15) is 14.7 Å². The second-order valence-corrected chi connectivity index (χ2v) is 6.42. The Hall–Kier alpha value is -3.62. The van der Waals surface area contributed by atoms with Crippen LogP contribution in [0.5, 0.6) is 5.75 Å². The Morgan fingerprint density at radius 3 is 2.43 bits per heavy atom. The van der Waals surface area contributed by atoms with Crippen LogP contribution in [0.15, 0.2) is 41.5 Å². The molecule has 0 spiro atoms. The molecule has 0 aliphatic rings. The number of nitrogens with zero attached hydrogens (tertiary/aromatic N) is 5. The Balaban J connectivity index is 1.88. The fourth-order valence-corrected chi connectivity index (χ4v) is 2.96. The molecule has 2 heterocycles. The summed E-state index contributed by atoms with van der Waals surface area (Å²) in [5.74, 6) is -1.36. The fraction of sp³-hybridized carbons (Fsp3) is 0.263. The number of hydrogen-bond acceptors (Lipinski definition) is 6. The first-order valence-corrected chi connectivity index (χ1v) is 8.49. The smallest absolute Gasteiger partial charge is 0.358 e. The van der Waals surface area contributed by atoms with Crippen LogP contribution in [-0.2, 0) is 20.6 Å². The zero-order chi connectivity index (χ0) is 20.4. The Kier molecular flexibility index (Phi) is 5.16. The van der Waals surface area contributed by atoms with Crippen LogP contribution in [0.1, 0.15) is 16.1 Å². The van der Waals surface area contributed by atoms with Crippen molar-refractivity contribution in [1.82, 2.24) is 19.3 Å². The van der Waals surface area contributed by atoms with Crippen LogP contribution in [0.2, 0.25) is 0 Å². The topological polar surface area (TPSA) is 102 Å². The van der Waals surface area contributed by atoms with Gasteiger partial charge in [0.15, 0.2) is 5.69 Å². The van der Waals surface area contributed by atoms with E-state index in [0.29, 0.717) is 6.54 Å². The molecule has 2 aromatic heterocycles. The Labute approximate surface area is 161 Å². The highest BCUT2D eigenvalue weighted by atomic mass is 16.5. The van der Waals surface area contributed by atoms with Crippen molar-refractivity contribution in [2.24, 2.45) is 14.1 Å². The van der Waals surface area contributed by atoms with Crippen LogP contribution in [0, 0.1) is 0 Å². The number of aromatic nitrogens is 4. The van der Waals surface area contributed by atoms with Gasteiger partial charge in [-0.2, -0.15) is 5.10 Å². The lowest BCUT2D eigenvalue weighted by atomic mass is 10.1. The average molecular weight is 383 g/mol. The number of carbonyl (C=O) groups is 1. The number of carboxylic acids is 1. The third-order valence-corrected chi connectivity index (χ3v) is 4.39. The standard InChI is InChI=1S/C19H21N5O4/c1-22(19-21-15(18(26)27)16(28-4)17(25)24(19)3)10-12-5-7-13(8-6-12)14-9-20-23(2)11-14/h5-9,11H,10H2,1-4H3,(H,26,27). The summed E-state index contributed by atoms with van der Waals surface area (Å²) in [6.45, 7) is 0.443. The van der Waals surface area contributed by atoms with Crippen molar-refractivity contribution < 1.29 is 14.6 Å². The van der Waals surface area contributed by atoms with Crippen LogP contribution < -0.4 is 15.2 Å². The van der Waals surface area contributed by atoms with Gasteiger partial charge < -0.3 is 14.7 Å². The minimum Gasteiger partial charge on any atom is -0.489 e. The number of carboxylic acid groups (broad SMARTS) is 1. The molecule has 3 aromatic rings. The number of aromatic carboxylic acids is 1. The van der Waals surface area contributed by atoms with E-state index >= 15 is 0 Å². The molecule has 146 valence electrons. The summed E-state index contributed by atoms with van der Waals surface area (Å²) in [5, 5.41) is 13.5. The number of ether oxygens (including phenoxy) is 1. The average Bonchev–Trinajstić information content (AvgIpc) is 3.10. The lowest BCUT2D eigenvalue weighted by Crippen LogP contribution is -2.31.